The van der Waals surface area contributed by atoms with E-state index in [-0.39, 0.29) is 18.8 Å². The summed E-state index contributed by atoms with van der Waals surface area (Å²) in [5, 5.41) is 19.1. The SMILES string of the molecule is O=C1c2cccc(Cl)c2OCCC1(CO)CO. The minimum atomic E-state index is -1.17. The lowest BCUT2D eigenvalue weighted by Gasteiger charge is -2.25. The summed E-state index contributed by atoms with van der Waals surface area (Å²) in [6.45, 7) is -0.571. The van der Waals surface area contributed by atoms with Crippen LogP contribution < -0.4 is 4.74 Å². The van der Waals surface area contributed by atoms with E-state index in [1.165, 1.54) is 0 Å². The summed E-state index contributed by atoms with van der Waals surface area (Å²) in [6, 6.07) is 4.88. The van der Waals surface area contributed by atoms with Gasteiger partial charge in [-0.1, -0.05) is 17.7 Å². The summed E-state index contributed by atoms with van der Waals surface area (Å²) in [5.74, 6) is 0.0143. The van der Waals surface area contributed by atoms with Crippen molar-refractivity contribution in [2.24, 2.45) is 5.41 Å². The Labute approximate surface area is 104 Å². The van der Waals surface area contributed by atoms with Gasteiger partial charge in [0.25, 0.3) is 0 Å². The fourth-order valence-corrected chi connectivity index (χ4v) is 2.16. The summed E-state index contributed by atoms with van der Waals surface area (Å²) in [5.41, 5.74) is -0.853. The second-order valence-electron chi connectivity index (χ2n) is 4.14. The van der Waals surface area contributed by atoms with E-state index in [2.05, 4.69) is 0 Å². The molecular formula is C12H13ClO4. The van der Waals surface area contributed by atoms with Crippen molar-refractivity contribution in [1.29, 1.82) is 0 Å². The minimum absolute atomic E-state index is 0.240. The van der Waals surface area contributed by atoms with E-state index in [9.17, 15) is 15.0 Å². The highest BCUT2D eigenvalue weighted by Gasteiger charge is 2.41. The molecule has 1 aromatic rings. The second kappa shape index (κ2) is 4.64. The highest BCUT2D eigenvalue weighted by molar-refractivity contribution is 6.32. The van der Waals surface area contributed by atoms with Crippen LogP contribution in [0.3, 0.4) is 0 Å². The molecule has 1 aliphatic rings. The van der Waals surface area contributed by atoms with Crippen LogP contribution in [0.4, 0.5) is 0 Å². The Morgan fingerprint density at radius 1 is 1.35 bits per heavy atom. The number of Topliss-reactive ketones (excluding diaryl/α,β-unsaturated/α-hetero) is 1. The van der Waals surface area contributed by atoms with Crippen LogP contribution in [0.15, 0.2) is 18.2 Å². The normalized spacial score (nSPS) is 18.2. The van der Waals surface area contributed by atoms with Crippen LogP contribution in [-0.2, 0) is 0 Å². The van der Waals surface area contributed by atoms with E-state index >= 15 is 0 Å². The zero-order chi connectivity index (χ0) is 12.5. The first-order valence-electron chi connectivity index (χ1n) is 5.32. The number of rotatable bonds is 2. The molecule has 17 heavy (non-hydrogen) atoms. The quantitative estimate of drug-likeness (QED) is 0.837. The van der Waals surface area contributed by atoms with Crippen molar-refractivity contribution in [3.63, 3.8) is 0 Å². The Balaban J connectivity index is 2.54. The van der Waals surface area contributed by atoms with E-state index in [0.717, 1.165) is 0 Å². The van der Waals surface area contributed by atoms with Gasteiger partial charge in [0.1, 0.15) is 5.75 Å². The molecule has 1 aromatic carbocycles. The van der Waals surface area contributed by atoms with Gasteiger partial charge in [0.15, 0.2) is 5.78 Å². The lowest BCUT2D eigenvalue weighted by atomic mass is 9.79. The highest BCUT2D eigenvalue weighted by atomic mass is 35.5. The van der Waals surface area contributed by atoms with Crippen LogP contribution in [0.5, 0.6) is 5.75 Å². The monoisotopic (exact) mass is 256 g/mol. The van der Waals surface area contributed by atoms with E-state index < -0.39 is 18.6 Å². The number of aliphatic hydroxyl groups is 2. The molecule has 0 fully saturated rings. The molecule has 0 aromatic heterocycles. The van der Waals surface area contributed by atoms with Crippen molar-refractivity contribution in [1.82, 2.24) is 0 Å². The van der Waals surface area contributed by atoms with Crippen molar-refractivity contribution in [3.8, 4) is 5.75 Å². The van der Waals surface area contributed by atoms with Crippen LogP contribution in [0.1, 0.15) is 16.8 Å². The van der Waals surface area contributed by atoms with Crippen molar-refractivity contribution < 1.29 is 19.7 Å². The average Bonchev–Trinajstić information content (AvgIpc) is 2.49. The van der Waals surface area contributed by atoms with E-state index in [1.807, 2.05) is 0 Å². The number of halogens is 1. The molecule has 92 valence electrons. The maximum Gasteiger partial charge on any atom is 0.177 e. The van der Waals surface area contributed by atoms with Gasteiger partial charge >= 0.3 is 0 Å². The molecule has 0 amide bonds. The van der Waals surface area contributed by atoms with E-state index in [1.54, 1.807) is 18.2 Å². The van der Waals surface area contributed by atoms with Gasteiger partial charge in [-0.2, -0.15) is 0 Å². The zero-order valence-electron chi connectivity index (χ0n) is 9.15. The number of ketones is 1. The number of para-hydroxylation sites is 1. The number of hydrogen-bond donors (Lipinski definition) is 2. The molecule has 2 rings (SSSR count). The van der Waals surface area contributed by atoms with Crippen LogP contribution in [-0.4, -0.2) is 35.8 Å². The summed E-state index contributed by atoms with van der Waals surface area (Å²) >= 11 is 5.96. The number of aliphatic hydroxyl groups excluding tert-OH is 2. The molecule has 1 aliphatic heterocycles. The lowest BCUT2D eigenvalue weighted by Crippen LogP contribution is -2.38. The van der Waals surface area contributed by atoms with Gasteiger partial charge in [-0.15, -0.1) is 0 Å². The molecule has 0 spiro atoms. The molecule has 0 atom stereocenters. The molecule has 0 unspecified atom stereocenters. The largest absolute Gasteiger partial charge is 0.491 e. The predicted molar refractivity (Wildman–Crippen MR) is 62.5 cm³/mol. The Kier molecular flexibility index (Phi) is 3.38. The lowest BCUT2D eigenvalue weighted by molar-refractivity contribution is 0.0345. The van der Waals surface area contributed by atoms with E-state index in [0.29, 0.717) is 16.3 Å². The smallest absolute Gasteiger partial charge is 0.177 e. The number of hydrogen-bond acceptors (Lipinski definition) is 4. The van der Waals surface area contributed by atoms with Gasteiger partial charge in [0, 0.05) is 0 Å². The average molecular weight is 257 g/mol. The van der Waals surface area contributed by atoms with Crippen molar-refractivity contribution >= 4 is 17.4 Å². The maximum atomic E-state index is 12.3. The van der Waals surface area contributed by atoms with Crippen LogP contribution in [0.2, 0.25) is 5.02 Å². The zero-order valence-corrected chi connectivity index (χ0v) is 9.91. The van der Waals surface area contributed by atoms with Gasteiger partial charge in [0.2, 0.25) is 0 Å². The van der Waals surface area contributed by atoms with Crippen LogP contribution >= 0.6 is 11.6 Å². The third-order valence-electron chi connectivity index (χ3n) is 3.13. The summed E-state index contributed by atoms with van der Waals surface area (Å²) in [4.78, 5) is 12.3. The number of fused-ring (bicyclic) bond motifs is 1. The topological polar surface area (TPSA) is 66.8 Å². The molecule has 5 heteroatoms. The fourth-order valence-electron chi connectivity index (χ4n) is 1.93. The molecule has 0 bridgehead atoms. The molecule has 0 saturated carbocycles. The Morgan fingerprint density at radius 3 is 2.71 bits per heavy atom. The van der Waals surface area contributed by atoms with Gasteiger partial charge in [-0.3, -0.25) is 4.79 Å². The number of carbonyl (C=O) groups excluding carboxylic acids is 1. The highest BCUT2D eigenvalue weighted by Crippen LogP contribution is 2.38. The Bertz CT molecular complexity index is 440. The van der Waals surface area contributed by atoms with Crippen molar-refractivity contribution in [3.05, 3.63) is 28.8 Å². The number of benzene rings is 1. The van der Waals surface area contributed by atoms with Gasteiger partial charge in [0.05, 0.1) is 35.8 Å². The fraction of sp³-hybridized carbons (Fsp3) is 0.417. The molecule has 1 heterocycles. The summed E-state index contributed by atoms with van der Waals surface area (Å²) in [7, 11) is 0. The van der Waals surface area contributed by atoms with E-state index in [4.69, 9.17) is 16.3 Å². The first-order valence-corrected chi connectivity index (χ1v) is 5.70. The van der Waals surface area contributed by atoms with Gasteiger partial charge < -0.3 is 14.9 Å². The van der Waals surface area contributed by atoms with Crippen molar-refractivity contribution in [2.75, 3.05) is 19.8 Å². The second-order valence-corrected chi connectivity index (χ2v) is 4.55. The standard InChI is InChI=1S/C12H13ClO4/c13-9-3-1-2-8-10(9)17-5-4-12(6-14,7-15)11(8)16/h1-3,14-15H,4-7H2. The van der Waals surface area contributed by atoms with Crippen LogP contribution in [0, 0.1) is 5.41 Å². The van der Waals surface area contributed by atoms with Gasteiger partial charge in [-0.05, 0) is 18.6 Å². The van der Waals surface area contributed by atoms with Crippen LogP contribution in [0.25, 0.3) is 0 Å². The summed E-state index contributed by atoms with van der Waals surface area (Å²) < 4.78 is 5.43. The molecule has 4 nitrogen and oxygen atoms in total. The first-order chi connectivity index (χ1) is 8.14. The summed E-state index contributed by atoms with van der Waals surface area (Å²) in [6.07, 6.45) is 0.268. The molecule has 2 N–H and O–H groups in total. The Hall–Kier alpha value is -1.10. The minimum Gasteiger partial charge on any atom is -0.491 e. The molecule has 0 saturated heterocycles. The molecule has 0 aliphatic carbocycles. The predicted octanol–water partition coefficient (Wildman–Crippen LogP) is 1.28. The first kappa shape index (κ1) is 12.4. The maximum absolute atomic E-state index is 12.3. The van der Waals surface area contributed by atoms with Gasteiger partial charge in [-0.25, -0.2) is 0 Å². The van der Waals surface area contributed by atoms with Crippen molar-refractivity contribution in [2.45, 2.75) is 6.42 Å². The number of ether oxygens (including phenoxy) is 1. The Morgan fingerprint density at radius 2 is 2.06 bits per heavy atom. The third-order valence-corrected chi connectivity index (χ3v) is 3.42. The molecular weight excluding hydrogens is 244 g/mol. The third kappa shape index (κ3) is 1.92. The number of carbonyl (C=O) groups is 1. The molecule has 0 radical (unpaired) electrons.